The van der Waals surface area contributed by atoms with Crippen LogP contribution in [0.5, 0.6) is 5.75 Å². The molecule has 0 unspecified atom stereocenters. The number of aldehydes is 1. The highest BCUT2D eigenvalue weighted by Gasteiger charge is 2.12. The van der Waals surface area contributed by atoms with Crippen molar-refractivity contribution in [1.29, 1.82) is 0 Å². The summed E-state index contributed by atoms with van der Waals surface area (Å²) in [4.78, 5) is 13.2. The van der Waals surface area contributed by atoms with Crippen molar-refractivity contribution in [2.45, 2.75) is 12.8 Å². The zero-order valence-electron chi connectivity index (χ0n) is 17.6. The molecule has 0 spiro atoms. The number of ether oxygens (including phenoxy) is 1. The van der Waals surface area contributed by atoms with Crippen LogP contribution in [0.25, 0.3) is 0 Å². The van der Waals surface area contributed by atoms with E-state index in [9.17, 15) is 4.79 Å². The molecule has 154 valence electrons. The Labute approximate surface area is 183 Å². The van der Waals surface area contributed by atoms with Gasteiger partial charge < -0.3 is 9.64 Å². The molecule has 0 fully saturated rings. The summed E-state index contributed by atoms with van der Waals surface area (Å²) in [7, 11) is 1.69. The van der Waals surface area contributed by atoms with Crippen LogP contribution in [0.4, 0.5) is 17.1 Å². The smallest absolute Gasteiger partial charge is 0.150 e. The van der Waals surface area contributed by atoms with E-state index < -0.39 is 0 Å². The van der Waals surface area contributed by atoms with Crippen LogP contribution < -0.4 is 9.64 Å². The van der Waals surface area contributed by atoms with Crippen molar-refractivity contribution in [3.8, 4) is 5.75 Å². The Morgan fingerprint density at radius 2 is 1.13 bits per heavy atom. The standard InChI is InChI=1S/C28H25NO2/c1-31-28-19-13-23(14-20-28)8-7-22-9-15-26(16-10-22)29(25-5-3-2-4-6-25)27-17-11-24(21-30)12-18-27/h2-6,9-21H,7-8H2,1H3. The zero-order chi connectivity index (χ0) is 21.5. The molecule has 0 N–H and O–H groups in total. The average molecular weight is 408 g/mol. The number of para-hydroxylation sites is 1. The Bertz CT molecular complexity index is 1100. The minimum absolute atomic E-state index is 0.672. The summed E-state index contributed by atoms with van der Waals surface area (Å²) in [6.45, 7) is 0. The van der Waals surface area contributed by atoms with Gasteiger partial charge in [0.05, 0.1) is 7.11 Å². The van der Waals surface area contributed by atoms with Crippen LogP contribution in [-0.4, -0.2) is 13.4 Å². The molecule has 4 rings (SSSR count). The fourth-order valence-corrected chi connectivity index (χ4v) is 3.62. The second kappa shape index (κ2) is 9.77. The number of rotatable bonds is 8. The Hall–Kier alpha value is -3.85. The lowest BCUT2D eigenvalue weighted by molar-refractivity contribution is 0.112. The molecule has 3 heteroatoms. The number of benzene rings is 4. The van der Waals surface area contributed by atoms with Crippen LogP contribution in [0.2, 0.25) is 0 Å². The highest BCUT2D eigenvalue weighted by molar-refractivity contribution is 5.80. The number of methoxy groups -OCH3 is 1. The third-order valence-electron chi connectivity index (χ3n) is 5.36. The lowest BCUT2D eigenvalue weighted by Gasteiger charge is -2.25. The van der Waals surface area contributed by atoms with Crippen molar-refractivity contribution in [3.63, 3.8) is 0 Å². The van der Waals surface area contributed by atoms with Gasteiger partial charge in [-0.2, -0.15) is 0 Å². The number of nitrogens with zero attached hydrogens (tertiary/aromatic N) is 1. The van der Waals surface area contributed by atoms with Crippen LogP contribution in [0.3, 0.4) is 0 Å². The molecular formula is C28H25NO2. The number of carbonyl (C=O) groups is 1. The summed E-state index contributed by atoms with van der Waals surface area (Å²) < 4.78 is 5.23. The topological polar surface area (TPSA) is 29.5 Å². The first-order valence-electron chi connectivity index (χ1n) is 10.4. The number of aryl methyl sites for hydroxylation is 2. The molecule has 0 aliphatic carbocycles. The molecule has 4 aromatic rings. The molecule has 0 aliphatic heterocycles. The maximum atomic E-state index is 11.0. The summed E-state index contributed by atoms with van der Waals surface area (Å²) in [5.74, 6) is 0.885. The number of carbonyl (C=O) groups excluding carboxylic acids is 1. The molecule has 0 amide bonds. The summed E-state index contributed by atoms with van der Waals surface area (Å²) >= 11 is 0. The summed E-state index contributed by atoms with van der Waals surface area (Å²) in [5.41, 5.74) is 6.44. The van der Waals surface area contributed by atoms with Gasteiger partial charge in [0.1, 0.15) is 12.0 Å². The Morgan fingerprint density at radius 3 is 1.65 bits per heavy atom. The van der Waals surface area contributed by atoms with Gasteiger partial charge in [0.2, 0.25) is 0 Å². The maximum Gasteiger partial charge on any atom is 0.150 e. The van der Waals surface area contributed by atoms with E-state index in [1.165, 1.54) is 11.1 Å². The normalized spacial score (nSPS) is 10.5. The first kappa shape index (κ1) is 20.4. The molecule has 0 aliphatic rings. The maximum absolute atomic E-state index is 11.0. The lowest BCUT2D eigenvalue weighted by atomic mass is 10.0. The van der Waals surface area contributed by atoms with Gasteiger partial charge in [0.15, 0.2) is 0 Å². The monoisotopic (exact) mass is 407 g/mol. The molecule has 0 bridgehead atoms. The van der Waals surface area contributed by atoms with Crippen molar-refractivity contribution in [3.05, 3.63) is 120 Å². The largest absolute Gasteiger partial charge is 0.497 e. The third-order valence-corrected chi connectivity index (χ3v) is 5.36. The summed E-state index contributed by atoms with van der Waals surface area (Å²) in [5, 5.41) is 0. The predicted molar refractivity (Wildman–Crippen MR) is 127 cm³/mol. The van der Waals surface area contributed by atoms with Crippen molar-refractivity contribution in [2.75, 3.05) is 12.0 Å². The highest BCUT2D eigenvalue weighted by Crippen LogP contribution is 2.34. The molecule has 4 aromatic carbocycles. The van der Waals surface area contributed by atoms with E-state index in [1.54, 1.807) is 7.11 Å². The van der Waals surface area contributed by atoms with Gasteiger partial charge in [0, 0.05) is 22.6 Å². The third kappa shape index (κ3) is 5.01. The van der Waals surface area contributed by atoms with Gasteiger partial charge in [-0.15, -0.1) is 0 Å². The Morgan fingerprint density at radius 1 is 0.645 bits per heavy atom. The molecule has 0 atom stereocenters. The highest BCUT2D eigenvalue weighted by atomic mass is 16.5. The Balaban J connectivity index is 1.54. The zero-order valence-corrected chi connectivity index (χ0v) is 17.6. The molecule has 31 heavy (non-hydrogen) atoms. The minimum atomic E-state index is 0.672. The van der Waals surface area contributed by atoms with E-state index in [1.807, 2.05) is 54.6 Å². The van der Waals surface area contributed by atoms with Crippen LogP contribution in [0, 0.1) is 0 Å². The van der Waals surface area contributed by atoms with Crippen LogP contribution in [0.15, 0.2) is 103 Å². The molecular weight excluding hydrogens is 382 g/mol. The summed E-state index contributed by atoms with van der Waals surface area (Å²) in [6, 6.07) is 34.9. The van der Waals surface area contributed by atoms with Crippen LogP contribution in [0.1, 0.15) is 21.5 Å². The number of hydrogen-bond donors (Lipinski definition) is 0. The van der Waals surface area contributed by atoms with E-state index in [-0.39, 0.29) is 0 Å². The van der Waals surface area contributed by atoms with Crippen molar-refractivity contribution >= 4 is 23.3 Å². The van der Waals surface area contributed by atoms with Gasteiger partial charge in [-0.25, -0.2) is 0 Å². The van der Waals surface area contributed by atoms with E-state index in [4.69, 9.17) is 4.74 Å². The molecule has 0 heterocycles. The quantitative estimate of drug-likeness (QED) is 0.302. The second-order valence-electron chi connectivity index (χ2n) is 7.39. The fourth-order valence-electron chi connectivity index (χ4n) is 3.62. The van der Waals surface area contributed by atoms with Crippen molar-refractivity contribution < 1.29 is 9.53 Å². The minimum Gasteiger partial charge on any atom is -0.497 e. The second-order valence-corrected chi connectivity index (χ2v) is 7.39. The van der Waals surface area contributed by atoms with Gasteiger partial charge >= 0.3 is 0 Å². The first-order chi connectivity index (χ1) is 15.3. The number of anilines is 3. The number of hydrogen-bond acceptors (Lipinski definition) is 3. The molecule has 0 radical (unpaired) electrons. The summed E-state index contributed by atoms with van der Waals surface area (Å²) in [6.07, 6.45) is 2.83. The molecule has 0 saturated heterocycles. The van der Waals surface area contributed by atoms with E-state index in [0.29, 0.717) is 5.56 Å². The van der Waals surface area contributed by atoms with Gasteiger partial charge in [-0.05, 0) is 84.6 Å². The predicted octanol–water partition coefficient (Wildman–Crippen LogP) is 6.76. The molecule has 0 aromatic heterocycles. The Kier molecular flexibility index (Phi) is 6.44. The van der Waals surface area contributed by atoms with Crippen molar-refractivity contribution in [2.24, 2.45) is 0 Å². The average Bonchev–Trinajstić information content (AvgIpc) is 2.85. The molecule has 0 saturated carbocycles. The lowest BCUT2D eigenvalue weighted by Crippen LogP contribution is -2.10. The fraction of sp³-hybridized carbons (Fsp3) is 0.107. The van der Waals surface area contributed by atoms with Crippen molar-refractivity contribution in [1.82, 2.24) is 0 Å². The van der Waals surface area contributed by atoms with Gasteiger partial charge in [-0.3, -0.25) is 4.79 Å². The van der Waals surface area contributed by atoms with E-state index in [2.05, 4.69) is 53.4 Å². The van der Waals surface area contributed by atoms with Gasteiger partial charge in [-0.1, -0.05) is 42.5 Å². The van der Waals surface area contributed by atoms with Crippen LogP contribution in [-0.2, 0) is 12.8 Å². The van der Waals surface area contributed by atoms with E-state index >= 15 is 0 Å². The van der Waals surface area contributed by atoms with Gasteiger partial charge in [0.25, 0.3) is 0 Å². The van der Waals surface area contributed by atoms with E-state index in [0.717, 1.165) is 41.9 Å². The SMILES string of the molecule is COc1ccc(CCc2ccc(N(c3ccccc3)c3ccc(C=O)cc3)cc2)cc1. The van der Waals surface area contributed by atoms with Crippen LogP contribution >= 0.6 is 0 Å². The molecule has 3 nitrogen and oxygen atoms in total. The first-order valence-corrected chi connectivity index (χ1v) is 10.4.